The SMILES string of the molecule is CCCC(O)CN(CCOC)C(C)CC. The normalized spacial score (nSPS) is 15.6. The highest BCUT2D eigenvalue weighted by atomic mass is 16.5. The first-order valence-corrected chi connectivity index (χ1v) is 6.06. The van der Waals surface area contributed by atoms with E-state index in [0.29, 0.717) is 6.04 Å². The molecule has 0 aromatic heterocycles. The van der Waals surface area contributed by atoms with Gasteiger partial charge in [-0.1, -0.05) is 20.3 Å². The first kappa shape index (κ1) is 14.9. The van der Waals surface area contributed by atoms with Gasteiger partial charge in [-0.3, -0.25) is 4.90 Å². The van der Waals surface area contributed by atoms with E-state index >= 15 is 0 Å². The molecule has 0 bridgehead atoms. The lowest BCUT2D eigenvalue weighted by Crippen LogP contribution is -2.40. The molecule has 92 valence electrons. The molecular formula is C12H27NO2. The fraction of sp³-hybridized carbons (Fsp3) is 1.00. The lowest BCUT2D eigenvalue weighted by molar-refractivity contribution is 0.0628. The summed E-state index contributed by atoms with van der Waals surface area (Å²) in [5.74, 6) is 0. The lowest BCUT2D eigenvalue weighted by atomic mass is 10.1. The Balaban J connectivity index is 3.98. The quantitative estimate of drug-likeness (QED) is 0.640. The molecule has 0 aromatic rings. The van der Waals surface area contributed by atoms with Crippen LogP contribution in [0.5, 0.6) is 0 Å². The summed E-state index contributed by atoms with van der Waals surface area (Å²) in [5.41, 5.74) is 0. The Morgan fingerprint density at radius 2 is 2.00 bits per heavy atom. The molecular weight excluding hydrogens is 190 g/mol. The molecule has 0 aliphatic rings. The molecule has 0 saturated heterocycles. The molecule has 0 rings (SSSR count). The van der Waals surface area contributed by atoms with Crippen LogP contribution in [0.25, 0.3) is 0 Å². The topological polar surface area (TPSA) is 32.7 Å². The maximum absolute atomic E-state index is 9.78. The number of aliphatic hydroxyl groups is 1. The summed E-state index contributed by atoms with van der Waals surface area (Å²) < 4.78 is 5.09. The summed E-state index contributed by atoms with van der Waals surface area (Å²) in [6.07, 6.45) is 2.85. The molecule has 0 amide bonds. The number of hydrogen-bond donors (Lipinski definition) is 1. The maximum atomic E-state index is 9.78. The molecule has 0 radical (unpaired) electrons. The number of rotatable bonds is 9. The van der Waals surface area contributed by atoms with Crippen LogP contribution in [0.3, 0.4) is 0 Å². The first-order valence-electron chi connectivity index (χ1n) is 6.06. The standard InChI is InChI=1S/C12H27NO2/c1-5-7-12(14)10-13(8-9-15-4)11(3)6-2/h11-12,14H,5-10H2,1-4H3. The minimum Gasteiger partial charge on any atom is -0.392 e. The molecule has 0 aliphatic heterocycles. The van der Waals surface area contributed by atoms with Crippen LogP contribution >= 0.6 is 0 Å². The molecule has 2 unspecified atom stereocenters. The van der Waals surface area contributed by atoms with E-state index in [4.69, 9.17) is 4.74 Å². The molecule has 3 heteroatoms. The fourth-order valence-corrected chi connectivity index (χ4v) is 1.65. The summed E-state index contributed by atoms with van der Waals surface area (Å²) in [6.45, 7) is 8.90. The van der Waals surface area contributed by atoms with Gasteiger partial charge in [0.1, 0.15) is 0 Å². The van der Waals surface area contributed by atoms with E-state index in [9.17, 15) is 5.11 Å². The summed E-state index contributed by atoms with van der Waals surface area (Å²) >= 11 is 0. The van der Waals surface area contributed by atoms with Gasteiger partial charge < -0.3 is 9.84 Å². The van der Waals surface area contributed by atoms with Gasteiger partial charge in [0.25, 0.3) is 0 Å². The van der Waals surface area contributed by atoms with Gasteiger partial charge in [-0.15, -0.1) is 0 Å². The third-order valence-electron chi connectivity index (χ3n) is 2.86. The average Bonchev–Trinajstić information content (AvgIpc) is 2.23. The van der Waals surface area contributed by atoms with E-state index in [1.54, 1.807) is 7.11 Å². The molecule has 15 heavy (non-hydrogen) atoms. The molecule has 0 heterocycles. The summed E-state index contributed by atoms with van der Waals surface area (Å²) in [5, 5.41) is 9.78. The van der Waals surface area contributed by atoms with Crippen molar-refractivity contribution < 1.29 is 9.84 Å². The predicted octanol–water partition coefficient (Wildman–Crippen LogP) is 1.89. The summed E-state index contributed by atoms with van der Waals surface area (Å²) in [6, 6.07) is 0.520. The van der Waals surface area contributed by atoms with Crippen LogP contribution in [0.1, 0.15) is 40.0 Å². The highest BCUT2D eigenvalue weighted by Gasteiger charge is 2.15. The Morgan fingerprint density at radius 3 is 2.47 bits per heavy atom. The van der Waals surface area contributed by atoms with E-state index in [1.165, 1.54) is 0 Å². The molecule has 3 nitrogen and oxygen atoms in total. The van der Waals surface area contributed by atoms with Crippen LogP contribution < -0.4 is 0 Å². The van der Waals surface area contributed by atoms with Gasteiger partial charge >= 0.3 is 0 Å². The van der Waals surface area contributed by atoms with Gasteiger partial charge in [-0.25, -0.2) is 0 Å². The van der Waals surface area contributed by atoms with E-state index in [0.717, 1.165) is 39.0 Å². The number of hydrogen-bond acceptors (Lipinski definition) is 3. The third kappa shape index (κ3) is 6.88. The van der Waals surface area contributed by atoms with E-state index < -0.39 is 0 Å². The van der Waals surface area contributed by atoms with E-state index in [1.807, 2.05) is 0 Å². The smallest absolute Gasteiger partial charge is 0.0667 e. The second-order valence-electron chi connectivity index (χ2n) is 4.19. The zero-order valence-corrected chi connectivity index (χ0v) is 10.7. The minimum absolute atomic E-state index is 0.194. The van der Waals surface area contributed by atoms with Gasteiger partial charge in [0.05, 0.1) is 12.7 Å². The first-order chi connectivity index (χ1) is 7.15. The monoisotopic (exact) mass is 217 g/mol. The third-order valence-corrected chi connectivity index (χ3v) is 2.86. The summed E-state index contributed by atoms with van der Waals surface area (Å²) in [4.78, 5) is 2.31. The minimum atomic E-state index is -0.194. The van der Waals surface area contributed by atoms with Crippen molar-refractivity contribution in [3.05, 3.63) is 0 Å². The van der Waals surface area contributed by atoms with Crippen LogP contribution in [-0.4, -0.2) is 49.0 Å². The van der Waals surface area contributed by atoms with Crippen molar-refractivity contribution >= 4 is 0 Å². The zero-order chi connectivity index (χ0) is 11.7. The van der Waals surface area contributed by atoms with Gasteiger partial charge in [-0.2, -0.15) is 0 Å². The van der Waals surface area contributed by atoms with Crippen molar-refractivity contribution in [1.82, 2.24) is 4.90 Å². The van der Waals surface area contributed by atoms with Crippen molar-refractivity contribution in [1.29, 1.82) is 0 Å². The number of nitrogens with zero attached hydrogens (tertiary/aromatic N) is 1. The summed E-state index contributed by atoms with van der Waals surface area (Å²) in [7, 11) is 1.72. The van der Waals surface area contributed by atoms with Gasteiger partial charge in [0, 0.05) is 26.2 Å². The Morgan fingerprint density at radius 1 is 1.33 bits per heavy atom. The highest BCUT2D eigenvalue weighted by molar-refractivity contribution is 4.69. The van der Waals surface area contributed by atoms with E-state index in [2.05, 4.69) is 25.7 Å². The van der Waals surface area contributed by atoms with Crippen molar-refractivity contribution in [2.45, 2.75) is 52.2 Å². The van der Waals surface area contributed by atoms with Crippen LogP contribution in [-0.2, 0) is 4.74 Å². The maximum Gasteiger partial charge on any atom is 0.0667 e. The van der Waals surface area contributed by atoms with E-state index in [-0.39, 0.29) is 6.10 Å². The van der Waals surface area contributed by atoms with Gasteiger partial charge in [0.2, 0.25) is 0 Å². The predicted molar refractivity (Wildman–Crippen MR) is 64.1 cm³/mol. The number of aliphatic hydroxyl groups excluding tert-OH is 1. The largest absolute Gasteiger partial charge is 0.392 e. The highest BCUT2D eigenvalue weighted by Crippen LogP contribution is 2.07. The van der Waals surface area contributed by atoms with Crippen molar-refractivity contribution in [3.8, 4) is 0 Å². The molecule has 0 saturated carbocycles. The van der Waals surface area contributed by atoms with Gasteiger partial charge in [0.15, 0.2) is 0 Å². The lowest BCUT2D eigenvalue weighted by Gasteiger charge is -2.30. The Bertz CT molecular complexity index is 142. The van der Waals surface area contributed by atoms with Gasteiger partial charge in [-0.05, 0) is 19.8 Å². The molecule has 2 atom stereocenters. The Kier molecular flexibility index (Phi) is 9.06. The van der Waals surface area contributed by atoms with Crippen molar-refractivity contribution in [2.24, 2.45) is 0 Å². The molecule has 0 spiro atoms. The Hall–Kier alpha value is -0.120. The second-order valence-corrected chi connectivity index (χ2v) is 4.19. The zero-order valence-electron chi connectivity index (χ0n) is 10.7. The fourth-order valence-electron chi connectivity index (χ4n) is 1.65. The Labute approximate surface area is 94.4 Å². The molecule has 0 aliphatic carbocycles. The molecule has 0 fully saturated rings. The number of methoxy groups -OCH3 is 1. The second kappa shape index (κ2) is 9.13. The molecule has 1 N–H and O–H groups in total. The van der Waals surface area contributed by atoms with Crippen LogP contribution in [0, 0.1) is 0 Å². The molecule has 0 aromatic carbocycles. The van der Waals surface area contributed by atoms with Crippen molar-refractivity contribution in [2.75, 3.05) is 26.8 Å². The average molecular weight is 217 g/mol. The van der Waals surface area contributed by atoms with Crippen molar-refractivity contribution in [3.63, 3.8) is 0 Å². The number of ether oxygens (including phenoxy) is 1. The van der Waals surface area contributed by atoms with Crippen LogP contribution in [0.2, 0.25) is 0 Å². The van der Waals surface area contributed by atoms with Crippen LogP contribution in [0.15, 0.2) is 0 Å². The van der Waals surface area contributed by atoms with Crippen LogP contribution in [0.4, 0.5) is 0 Å².